The molecule has 4 nitrogen and oxygen atoms in total. The minimum atomic E-state index is -4.67. The third kappa shape index (κ3) is 5.73. The van der Waals surface area contributed by atoms with Gasteiger partial charge >= 0.3 is 12.1 Å². The molecule has 0 radical (unpaired) electrons. The van der Waals surface area contributed by atoms with E-state index in [1.54, 1.807) is 25.1 Å². The van der Waals surface area contributed by atoms with Gasteiger partial charge in [0.1, 0.15) is 5.54 Å². The highest BCUT2D eigenvalue weighted by Gasteiger charge is 2.34. The molecule has 0 fully saturated rings. The van der Waals surface area contributed by atoms with Gasteiger partial charge in [-0.25, -0.2) is 0 Å². The second kappa shape index (κ2) is 10.2. The standard InChI is InChI=1S/C27H26F3NO3/c1-18-20(9-6-10-23(18)21-7-4-3-5-8-21)12-13-22-15-19(11-14-24(22)27(28,29)30)16-31-26(2,17-32)25(33)34/h3-15,31-32H,16-17H2,1-2H3,(H,33,34)/i3D,4D,5D,7D,8D. The van der Waals surface area contributed by atoms with Crippen LogP contribution in [0.4, 0.5) is 13.2 Å². The number of aliphatic hydroxyl groups excluding tert-OH is 1. The zero-order chi connectivity index (χ0) is 29.3. The molecular formula is C27H26F3NO3. The zero-order valence-corrected chi connectivity index (χ0v) is 18.5. The first kappa shape index (κ1) is 18.9. The van der Waals surface area contributed by atoms with Crippen LogP contribution in [0.5, 0.6) is 0 Å². The van der Waals surface area contributed by atoms with Crippen LogP contribution in [-0.4, -0.2) is 28.3 Å². The summed E-state index contributed by atoms with van der Waals surface area (Å²) in [5.74, 6) is -1.31. The number of alkyl halides is 3. The number of carboxylic acids is 1. The van der Waals surface area contributed by atoms with E-state index in [0.29, 0.717) is 22.3 Å². The van der Waals surface area contributed by atoms with E-state index in [-0.39, 0.29) is 29.8 Å². The third-order valence-electron chi connectivity index (χ3n) is 5.48. The summed E-state index contributed by atoms with van der Waals surface area (Å²) in [4.78, 5) is 11.4. The van der Waals surface area contributed by atoms with Crippen LogP contribution >= 0.6 is 0 Å². The lowest BCUT2D eigenvalue weighted by atomic mass is 9.95. The summed E-state index contributed by atoms with van der Waals surface area (Å²) in [6, 6.07) is 5.87. The minimum Gasteiger partial charge on any atom is -0.480 e. The maximum Gasteiger partial charge on any atom is 0.416 e. The molecule has 0 heterocycles. The van der Waals surface area contributed by atoms with Crippen molar-refractivity contribution in [3.8, 4) is 11.1 Å². The Hall–Kier alpha value is -3.42. The second-order valence-electron chi connectivity index (χ2n) is 7.92. The molecule has 0 aliphatic carbocycles. The van der Waals surface area contributed by atoms with Crippen molar-refractivity contribution in [1.29, 1.82) is 0 Å². The Morgan fingerprint density at radius 3 is 2.38 bits per heavy atom. The van der Waals surface area contributed by atoms with Gasteiger partial charge in [0, 0.05) is 6.54 Å². The molecule has 3 aromatic rings. The quantitative estimate of drug-likeness (QED) is 0.362. The highest BCUT2D eigenvalue weighted by molar-refractivity contribution is 5.79. The Labute approximate surface area is 203 Å². The number of hydrogen-bond donors (Lipinski definition) is 3. The third-order valence-corrected chi connectivity index (χ3v) is 5.48. The number of nitrogens with one attached hydrogen (secondary N) is 1. The molecule has 0 aliphatic heterocycles. The number of carboxylic acid groups (broad SMARTS) is 1. The number of benzene rings is 3. The Bertz CT molecular complexity index is 1430. The lowest BCUT2D eigenvalue weighted by molar-refractivity contribution is -0.146. The molecule has 178 valence electrons. The molecule has 3 rings (SSSR count). The van der Waals surface area contributed by atoms with E-state index in [1.807, 2.05) is 0 Å². The van der Waals surface area contributed by atoms with Crippen molar-refractivity contribution >= 4 is 18.1 Å². The summed E-state index contributed by atoms with van der Waals surface area (Å²) in [6.07, 6.45) is -1.98. The van der Waals surface area contributed by atoms with Crippen LogP contribution in [-0.2, 0) is 17.5 Å². The lowest BCUT2D eigenvalue weighted by Crippen LogP contribution is -2.52. The monoisotopic (exact) mass is 474 g/mol. The maximum atomic E-state index is 13.8. The summed E-state index contributed by atoms with van der Waals surface area (Å²) < 4.78 is 81.4. The van der Waals surface area contributed by atoms with Crippen LogP contribution in [0.1, 0.15) is 41.6 Å². The van der Waals surface area contributed by atoms with E-state index in [0.717, 1.165) is 6.07 Å². The van der Waals surface area contributed by atoms with Crippen LogP contribution in [0.2, 0.25) is 0 Å². The first-order valence-corrected chi connectivity index (χ1v) is 10.3. The summed E-state index contributed by atoms with van der Waals surface area (Å²) >= 11 is 0. The van der Waals surface area contributed by atoms with E-state index >= 15 is 0 Å². The van der Waals surface area contributed by atoms with Crippen molar-refractivity contribution in [3.05, 3.63) is 94.4 Å². The topological polar surface area (TPSA) is 69.6 Å². The van der Waals surface area contributed by atoms with Crippen molar-refractivity contribution in [2.75, 3.05) is 6.61 Å². The van der Waals surface area contributed by atoms with Crippen LogP contribution in [0.3, 0.4) is 0 Å². The van der Waals surface area contributed by atoms with Crippen LogP contribution in [0, 0.1) is 6.92 Å². The Morgan fingerprint density at radius 1 is 1.09 bits per heavy atom. The molecule has 1 unspecified atom stereocenters. The van der Waals surface area contributed by atoms with Gasteiger partial charge < -0.3 is 10.2 Å². The van der Waals surface area contributed by atoms with Crippen molar-refractivity contribution in [2.24, 2.45) is 0 Å². The number of hydrogen-bond acceptors (Lipinski definition) is 3. The van der Waals surface area contributed by atoms with Gasteiger partial charge in [-0.15, -0.1) is 0 Å². The second-order valence-corrected chi connectivity index (χ2v) is 7.92. The van der Waals surface area contributed by atoms with E-state index in [4.69, 9.17) is 6.85 Å². The fourth-order valence-corrected chi connectivity index (χ4v) is 3.28. The van der Waals surface area contributed by atoms with Crippen LogP contribution in [0.25, 0.3) is 23.3 Å². The molecule has 0 aromatic heterocycles. The molecule has 0 aliphatic rings. The summed E-state index contributed by atoms with van der Waals surface area (Å²) in [7, 11) is 0. The zero-order valence-electron chi connectivity index (χ0n) is 23.5. The molecule has 3 aromatic carbocycles. The fraction of sp³-hybridized carbons (Fsp3) is 0.222. The minimum absolute atomic E-state index is 0.0110. The Balaban J connectivity index is 2.06. The maximum absolute atomic E-state index is 13.8. The molecule has 3 N–H and O–H groups in total. The molecule has 0 amide bonds. The Kier molecular flexibility index (Phi) is 5.70. The van der Waals surface area contributed by atoms with E-state index in [1.165, 1.54) is 31.2 Å². The van der Waals surface area contributed by atoms with Gasteiger partial charge in [0.05, 0.1) is 19.0 Å². The molecule has 1 atom stereocenters. The number of aliphatic carboxylic acids is 1. The van der Waals surface area contributed by atoms with E-state index in [9.17, 15) is 28.2 Å². The summed E-state index contributed by atoms with van der Waals surface area (Å²) in [5.41, 5.74) is -1.12. The van der Waals surface area contributed by atoms with E-state index in [2.05, 4.69) is 5.32 Å². The van der Waals surface area contributed by atoms with Gasteiger partial charge in [0.25, 0.3) is 0 Å². The molecule has 0 bridgehead atoms. The van der Waals surface area contributed by atoms with E-state index < -0.39 is 48.0 Å². The highest BCUT2D eigenvalue weighted by atomic mass is 19.4. The van der Waals surface area contributed by atoms with Gasteiger partial charge in [-0.3, -0.25) is 10.1 Å². The van der Waals surface area contributed by atoms with Gasteiger partial charge in [0.2, 0.25) is 0 Å². The molecule has 0 saturated heterocycles. The van der Waals surface area contributed by atoms with Crippen molar-refractivity contribution in [1.82, 2.24) is 5.32 Å². The predicted molar refractivity (Wildman–Crippen MR) is 127 cm³/mol. The average molecular weight is 475 g/mol. The predicted octanol–water partition coefficient (Wildman–Crippen LogP) is 5.78. The van der Waals surface area contributed by atoms with Gasteiger partial charge in [-0.1, -0.05) is 66.6 Å². The van der Waals surface area contributed by atoms with Gasteiger partial charge in [-0.2, -0.15) is 13.2 Å². The van der Waals surface area contributed by atoms with Crippen LogP contribution in [0.15, 0.2) is 66.6 Å². The molecular weight excluding hydrogens is 443 g/mol. The fourth-order valence-electron chi connectivity index (χ4n) is 3.28. The lowest BCUT2D eigenvalue weighted by Gasteiger charge is -2.24. The van der Waals surface area contributed by atoms with Gasteiger partial charge in [-0.05, 0) is 59.4 Å². The SMILES string of the molecule is [2H]c1c([2H])c([2H])c(-c2cccc(C=Cc3cc(CNC(C)(CO)C(=O)O)ccc3C(F)(F)F)c2C)c([2H])c1[2H]. The molecule has 0 saturated carbocycles. The normalized spacial score (nSPS) is 15.8. The van der Waals surface area contributed by atoms with Crippen molar-refractivity contribution < 1.29 is 35.0 Å². The van der Waals surface area contributed by atoms with Crippen LogP contribution < -0.4 is 5.32 Å². The first-order valence-electron chi connectivity index (χ1n) is 12.8. The highest BCUT2D eigenvalue weighted by Crippen LogP contribution is 2.34. The number of aliphatic hydroxyl groups is 1. The first-order chi connectivity index (χ1) is 18.1. The molecule has 34 heavy (non-hydrogen) atoms. The van der Waals surface area contributed by atoms with Crippen molar-refractivity contribution in [2.45, 2.75) is 32.1 Å². The summed E-state index contributed by atoms with van der Waals surface area (Å²) in [5, 5.41) is 21.3. The smallest absolute Gasteiger partial charge is 0.416 e. The van der Waals surface area contributed by atoms with Gasteiger partial charge in [0.15, 0.2) is 0 Å². The number of rotatable bonds is 8. The summed E-state index contributed by atoms with van der Waals surface area (Å²) in [6.45, 7) is 2.06. The Morgan fingerprint density at radius 2 is 1.76 bits per heavy atom. The largest absolute Gasteiger partial charge is 0.480 e. The van der Waals surface area contributed by atoms with Crippen molar-refractivity contribution in [3.63, 3.8) is 0 Å². The average Bonchev–Trinajstić information content (AvgIpc) is 2.89. The number of carbonyl (C=O) groups is 1. The number of halogens is 3. The molecule has 7 heteroatoms. The molecule has 0 spiro atoms.